The van der Waals surface area contributed by atoms with Gasteiger partial charge in [-0.3, -0.25) is 0 Å². The summed E-state index contributed by atoms with van der Waals surface area (Å²) in [6, 6.07) is 16.3. The summed E-state index contributed by atoms with van der Waals surface area (Å²) < 4.78 is 8.54. The van der Waals surface area contributed by atoms with Gasteiger partial charge in [0.2, 0.25) is 5.95 Å². The Morgan fingerprint density at radius 3 is 2.56 bits per heavy atom. The fourth-order valence-electron chi connectivity index (χ4n) is 4.71. The monoisotopic (exact) mass is 433 g/mol. The number of hydrogen-bond donors (Lipinski definition) is 2. The summed E-state index contributed by atoms with van der Waals surface area (Å²) >= 11 is 0. The van der Waals surface area contributed by atoms with Crippen LogP contribution < -0.4 is 16.0 Å². The van der Waals surface area contributed by atoms with Crippen molar-refractivity contribution in [2.24, 2.45) is 10.7 Å². The number of amidine groups is 1. The van der Waals surface area contributed by atoms with Gasteiger partial charge in [0.1, 0.15) is 5.84 Å². The largest absolute Gasteiger partial charge is 0.383 e. The van der Waals surface area contributed by atoms with Crippen LogP contribution in [-0.2, 0) is 11.3 Å². The molecule has 0 radical (unpaired) electrons. The highest BCUT2D eigenvalue weighted by molar-refractivity contribution is 6.04. The summed E-state index contributed by atoms with van der Waals surface area (Å²) in [5.74, 6) is 0.561. The Kier molecular flexibility index (Phi) is 5.48. The highest BCUT2D eigenvalue weighted by atomic mass is 16.5. The summed E-state index contributed by atoms with van der Waals surface area (Å²) in [6.45, 7) is 8.90. The van der Waals surface area contributed by atoms with Crippen LogP contribution in [0.5, 0.6) is 0 Å². The number of anilines is 2. The molecule has 1 aromatic heterocycles. The van der Waals surface area contributed by atoms with Gasteiger partial charge in [0.05, 0.1) is 17.6 Å². The molecule has 1 unspecified atom stereocenters. The van der Waals surface area contributed by atoms with Crippen LogP contribution in [0.1, 0.15) is 25.8 Å². The van der Waals surface area contributed by atoms with Crippen molar-refractivity contribution >= 4 is 28.5 Å². The van der Waals surface area contributed by atoms with E-state index >= 15 is 0 Å². The molecule has 1 atom stereocenters. The van der Waals surface area contributed by atoms with E-state index in [2.05, 4.69) is 44.8 Å². The van der Waals surface area contributed by atoms with E-state index in [0.717, 1.165) is 61.9 Å². The van der Waals surface area contributed by atoms with Crippen molar-refractivity contribution in [2.75, 3.05) is 43.0 Å². The van der Waals surface area contributed by atoms with Gasteiger partial charge in [0, 0.05) is 44.0 Å². The van der Waals surface area contributed by atoms with Crippen LogP contribution in [0.3, 0.4) is 0 Å². The number of nitrogens with zero attached hydrogens (tertiary/aromatic N) is 5. The number of benzene rings is 2. The minimum Gasteiger partial charge on any atom is -0.383 e. The van der Waals surface area contributed by atoms with Crippen LogP contribution >= 0.6 is 0 Å². The minimum absolute atomic E-state index is 0.500. The maximum Gasteiger partial charge on any atom is 0.304 e. The smallest absolute Gasteiger partial charge is 0.304 e. The molecule has 1 saturated heterocycles. The zero-order chi connectivity index (χ0) is 22.1. The fraction of sp³-hybridized carbons (Fsp3) is 0.417. The van der Waals surface area contributed by atoms with Gasteiger partial charge < -0.3 is 25.3 Å². The molecule has 2 aliphatic rings. The van der Waals surface area contributed by atoms with Gasteiger partial charge in [0.15, 0.2) is 0 Å². The van der Waals surface area contributed by atoms with Crippen LogP contribution in [0.25, 0.3) is 11.0 Å². The lowest BCUT2D eigenvalue weighted by Crippen LogP contribution is -2.63. The number of imidazole rings is 1. The third kappa shape index (κ3) is 3.49. The lowest BCUT2D eigenvalue weighted by molar-refractivity contribution is -0.129. The summed E-state index contributed by atoms with van der Waals surface area (Å²) in [7, 11) is 0. The third-order valence-corrected chi connectivity index (χ3v) is 6.19. The van der Waals surface area contributed by atoms with Crippen molar-refractivity contribution in [3.63, 3.8) is 0 Å². The van der Waals surface area contributed by atoms with E-state index in [-0.39, 0.29) is 0 Å². The molecule has 0 aliphatic carbocycles. The van der Waals surface area contributed by atoms with E-state index < -0.39 is 5.97 Å². The molecule has 0 saturated carbocycles. The number of fused-ring (bicyclic) bond motifs is 2. The number of hydrogen-bond acceptors (Lipinski definition) is 7. The second-order valence-electron chi connectivity index (χ2n) is 8.24. The van der Waals surface area contributed by atoms with Crippen molar-refractivity contribution in [3.8, 4) is 0 Å². The number of ether oxygens (including phenoxy) is 1. The highest BCUT2D eigenvalue weighted by Gasteiger charge is 2.43. The Labute approximate surface area is 188 Å². The molecule has 2 aliphatic heterocycles. The van der Waals surface area contributed by atoms with Crippen molar-refractivity contribution in [1.29, 1.82) is 0 Å². The van der Waals surface area contributed by atoms with Gasteiger partial charge in [-0.2, -0.15) is 4.99 Å². The zero-order valence-corrected chi connectivity index (χ0v) is 18.8. The number of aromatic nitrogens is 2. The number of piperazine rings is 1. The number of para-hydroxylation sites is 3. The Morgan fingerprint density at radius 2 is 1.78 bits per heavy atom. The van der Waals surface area contributed by atoms with Gasteiger partial charge in [-0.05, 0) is 37.6 Å². The molecule has 3 N–H and O–H groups in total. The molecule has 0 bridgehead atoms. The normalized spacial score (nSPS) is 21.3. The van der Waals surface area contributed by atoms with E-state index in [0.29, 0.717) is 12.4 Å². The number of nitrogens with one attached hydrogen (secondary N) is 1. The molecule has 168 valence electrons. The van der Waals surface area contributed by atoms with Gasteiger partial charge in [-0.25, -0.2) is 9.88 Å². The average molecular weight is 434 g/mol. The maximum absolute atomic E-state index is 6.35. The summed E-state index contributed by atoms with van der Waals surface area (Å²) in [5, 5.41) is 3.52. The topological polar surface area (TPSA) is 83.9 Å². The van der Waals surface area contributed by atoms with Crippen molar-refractivity contribution in [2.45, 2.75) is 32.8 Å². The van der Waals surface area contributed by atoms with E-state index in [1.807, 2.05) is 37.3 Å². The first-order valence-corrected chi connectivity index (χ1v) is 11.5. The van der Waals surface area contributed by atoms with E-state index in [1.54, 1.807) is 0 Å². The van der Waals surface area contributed by atoms with Gasteiger partial charge in [-0.1, -0.05) is 31.2 Å². The Balaban J connectivity index is 1.40. The van der Waals surface area contributed by atoms with Crippen molar-refractivity contribution in [3.05, 3.63) is 54.1 Å². The molecule has 3 aromatic rings. The molecule has 1 fully saturated rings. The molecule has 5 rings (SSSR count). The first-order chi connectivity index (χ1) is 15.6. The first kappa shape index (κ1) is 20.8. The molecule has 2 aromatic carbocycles. The quantitative estimate of drug-likeness (QED) is 0.622. The predicted octanol–water partition coefficient (Wildman–Crippen LogP) is 3.05. The van der Waals surface area contributed by atoms with E-state index in [4.69, 9.17) is 20.4 Å². The number of aliphatic imine (C=N–C) groups is 1. The number of aryl methyl sites for hydroxylation is 1. The zero-order valence-electron chi connectivity index (χ0n) is 18.8. The number of rotatable bonds is 6. The molecule has 8 heteroatoms. The second-order valence-corrected chi connectivity index (χ2v) is 8.24. The van der Waals surface area contributed by atoms with Crippen LogP contribution in [0.15, 0.2) is 53.5 Å². The first-order valence-electron chi connectivity index (χ1n) is 11.5. The molecular weight excluding hydrogens is 402 g/mol. The van der Waals surface area contributed by atoms with Crippen molar-refractivity contribution < 1.29 is 4.74 Å². The fourth-order valence-corrected chi connectivity index (χ4v) is 4.71. The van der Waals surface area contributed by atoms with Crippen LogP contribution in [-0.4, -0.2) is 59.0 Å². The number of nitrogens with two attached hydrogens (primary N) is 1. The lowest BCUT2D eigenvalue weighted by atomic mass is 10.1. The molecule has 0 spiro atoms. The Bertz CT molecular complexity index is 1130. The van der Waals surface area contributed by atoms with Crippen LogP contribution in [0.4, 0.5) is 11.6 Å². The van der Waals surface area contributed by atoms with E-state index in [9.17, 15) is 0 Å². The maximum atomic E-state index is 6.35. The standard InChI is InChI=1S/C24H31N7O/c1-3-13-31-21-12-8-7-11-20(21)26-23(31)29-14-16-30(17-15-29)24(32-4-2)27-19-10-6-5-9-18(19)22(25)28-24/h5-12,27H,3-4,13-17H2,1-2H3,(H2,25,28). The van der Waals surface area contributed by atoms with Gasteiger partial charge in [-0.15, -0.1) is 0 Å². The minimum atomic E-state index is -0.983. The second kappa shape index (κ2) is 8.44. The lowest BCUT2D eigenvalue weighted by Gasteiger charge is -2.46. The van der Waals surface area contributed by atoms with Crippen LogP contribution in [0, 0.1) is 0 Å². The summed E-state index contributed by atoms with van der Waals surface area (Å²) in [6.07, 6.45) is 1.07. The van der Waals surface area contributed by atoms with Crippen molar-refractivity contribution in [1.82, 2.24) is 14.5 Å². The average Bonchev–Trinajstić information content (AvgIpc) is 3.18. The van der Waals surface area contributed by atoms with Gasteiger partial charge >= 0.3 is 5.97 Å². The van der Waals surface area contributed by atoms with Gasteiger partial charge in [0.25, 0.3) is 0 Å². The third-order valence-electron chi connectivity index (χ3n) is 6.19. The highest BCUT2D eigenvalue weighted by Crippen LogP contribution is 2.32. The van der Waals surface area contributed by atoms with Crippen LogP contribution in [0.2, 0.25) is 0 Å². The molecule has 3 heterocycles. The molecule has 8 nitrogen and oxygen atoms in total. The molecular formula is C24H31N7O. The molecule has 0 amide bonds. The predicted molar refractivity (Wildman–Crippen MR) is 129 cm³/mol. The summed E-state index contributed by atoms with van der Waals surface area (Å²) in [4.78, 5) is 14.4. The van der Waals surface area contributed by atoms with E-state index in [1.165, 1.54) is 5.52 Å². The Hall–Kier alpha value is -3.10. The Morgan fingerprint density at radius 1 is 1.03 bits per heavy atom. The molecule has 32 heavy (non-hydrogen) atoms. The SMILES string of the molecule is CCCn1c(N2CCN(C3(OCC)N=C(N)c4ccccc4N3)CC2)nc2ccccc21. The summed E-state index contributed by atoms with van der Waals surface area (Å²) in [5.41, 5.74) is 10.5.